The summed E-state index contributed by atoms with van der Waals surface area (Å²) < 4.78 is 0. The van der Waals surface area contributed by atoms with E-state index in [1.165, 1.54) is 86.5 Å². The highest BCUT2D eigenvalue weighted by Crippen LogP contribution is 2.54. The summed E-state index contributed by atoms with van der Waals surface area (Å²) in [5.41, 5.74) is 9.88. The first-order valence-corrected chi connectivity index (χ1v) is 13.9. The van der Waals surface area contributed by atoms with Gasteiger partial charge in [0.25, 0.3) is 0 Å². The Hall–Kier alpha value is -2.86. The molecule has 0 unspecified atom stereocenters. The van der Waals surface area contributed by atoms with E-state index in [2.05, 4.69) is 99.3 Å². The highest BCUT2D eigenvalue weighted by Gasteiger charge is 2.41. The van der Waals surface area contributed by atoms with Crippen LogP contribution in [0.15, 0.2) is 73.3 Å². The molecule has 1 aliphatic carbocycles. The number of rotatable bonds is 13. The summed E-state index contributed by atoms with van der Waals surface area (Å²) in [5.74, 6) is 0. The Bertz CT molecular complexity index is 1130. The molecule has 0 amide bonds. The van der Waals surface area contributed by atoms with Crippen LogP contribution in [-0.4, -0.2) is 0 Å². The normalized spacial score (nSPS) is 13.7. The first-order valence-electron chi connectivity index (χ1n) is 13.9. The molecule has 3 aromatic rings. The van der Waals surface area contributed by atoms with Crippen LogP contribution in [0.25, 0.3) is 29.4 Å². The van der Waals surface area contributed by atoms with Crippen LogP contribution >= 0.6 is 0 Å². The molecule has 0 heteroatoms. The van der Waals surface area contributed by atoms with Gasteiger partial charge in [0.15, 0.2) is 0 Å². The van der Waals surface area contributed by atoms with E-state index in [0.717, 1.165) is 5.56 Å². The maximum absolute atomic E-state index is 3.91. The second-order valence-corrected chi connectivity index (χ2v) is 10.3. The fourth-order valence-electron chi connectivity index (χ4n) is 5.93. The minimum Gasteiger partial charge on any atom is -0.0985 e. The highest BCUT2D eigenvalue weighted by atomic mass is 14.4. The van der Waals surface area contributed by atoms with Gasteiger partial charge in [-0.3, -0.25) is 0 Å². The topological polar surface area (TPSA) is 0 Å². The van der Waals surface area contributed by atoms with Crippen molar-refractivity contribution in [1.29, 1.82) is 0 Å². The van der Waals surface area contributed by atoms with Crippen LogP contribution in [0.1, 0.15) is 106 Å². The summed E-state index contributed by atoms with van der Waals surface area (Å²) in [5, 5.41) is 0. The maximum Gasteiger partial charge on any atom is 0.0215 e. The molecule has 0 saturated heterocycles. The molecule has 0 atom stereocenters. The minimum absolute atomic E-state index is 0.153. The van der Waals surface area contributed by atoms with E-state index in [1.54, 1.807) is 11.1 Å². The van der Waals surface area contributed by atoms with Gasteiger partial charge < -0.3 is 0 Å². The lowest BCUT2D eigenvalue weighted by molar-refractivity contribution is 0.401. The Morgan fingerprint density at radius 3 is 1.91 bits per heavy atom. The van der Waals surface area contributed by atoms with Crippen molar-refractivity contribution in [2.75, 3.05) is 0 Å². The third-order valence-corrected chi connectivity index (χ3v) is 7.82. The summed E-state index contributed by atoms with van der Waals surface area (Å²) in [6.07, 6.45) is 19.5. The van der Waals surface area contributed by atoms with E-state index in [4.69, 9.17) is 0 Å². The first kappa shape index (κ1) is 25.2. The van der Waals surface area contributed by atoms with Crippen LogP contribution in [0.5, 0.6) is 0 Å². The molecule has 0 saturated carbocycles. The molecule has 0 heterocycles. The Morgan fingerprint density at radius 1 is 0.600 bits per heavy atom. The van der Waals surface area contributed by atoms with Gasteiger partial charge in [0, 0.05) is 5.41 Å². The van der Waals surface area contributed by atoms with Crippen LogP contribution in [0, 0.1) is 0 Å². The quantitative estimate of drug-likeness (QED) is 0.175. The van der Waals surface area contributed by atoms with Crippen LogP contribution in [-0.2, 0) is 5.41 Å². The molecule has 0 radical (unpaired) electrons. The molecule has 35 heavy (non-hydrogen) atoms. The average molecular weight is 463 g/mol. The van der Waals surface area contributed by atoms with Gasteiger partial charge in [-0.2, -0.15) is 0 Å². The van der Waals surface area contributed by atoms with Crippen molar-refractivity contribution in [3.05, 3.63) is 101 Å². The van der Waals surface area contributed by atoms with E-state index < -0.39 is 0 Å². The summed E-state index contributed by atoms with van der Waals surface area (Å²) >= 11 is 0. The van der Waals surface area contributed by atoms with Gasteiger partial charge in [0.1, 0.15) is 0 Å². The van der Waals surface area contributed by atoms with Gasteiger partial charge >= 0.3 is 0 Å². The Kier molecular flexibility index (Phi) is 8.80. The fourth-order valence-corrected chi connectivity index (χ4v) is 5.93. The van der Waals surface area contributed by atoms with Crippen molar-refractivity contribution < 1.29 is 0 Å². The minimum atomic E-state index is 0.153. The predicted molar refractivity (Wildman–Crippen MR) is 156 cm³/mol. The molecule has 0 aliphatic heterocycles. The summed E-state index contributed by atoms with van der Waals surface area (Å²) in [6, 6.07) is 25.0. The zero-order chi connectivity index (χ0) is 24.5. The fraction of sp³-hybridized carbons (Fsp3) is 0.371. The maximum atomic E-state index is 3.91. The lowest BCUT2D eigenvalue weighted by Gasteiger charge is -2.33. The van der Waals surface area contributed by atoms with E-state index >= 15 is 0 Å². The molecule has 0 spiro atoms. The molecule has 3 aromatic carbocycles. The van der Waals surface area contributed by atoms with E-state index in [-0.39, 0.29) is 5.41 Å². The molecule has 0 bridgehead atoms. The van der Waals surface area contributed by atoms with Gasteiger partial charge in [0.2, 0.25) is 0 Å². The second kappa shape index (κ2) is 12.2. The zero-order valence-corrected chi connectivity index (χ0v) is 21.9. The SMILES string of the molecule is C=Cc1cccc(/C=C/c2ccc3c(c2)C(CCCCCC)(CCCCCC)c2ccccc2-3)c1. The van der Waals surface area contributed by atoms with Gasteiger partial charge in [-0.1, -0.05) is 151 Å². The summed E-state index contributed by atoms with van der Waals surface area (Å²) in [6.45, 7) is 8.53. The van der Waals surface area contributed by atoms with E-state index in [9.17, 15) is 0 Å². The lowest BCUT2D eigenvalue weighted by Crippen LogP contribution is -2.25. The molecule has 0 aromatic heterocycles. The predicted octanol–water partition coefficient (Wildman–Crippen LogP) is 10.7. The Morgan fingerprint density at radius 2 is 1.23 bits per heavy atom. The third kappa shape index (κ3) is 5.69. The van der Waals surface area contributed by atoms with Gasteiger partial charge in [-0.25, -0.2) is 0 Å². The largest absolute Gasteiger partial charge is 0.0985 e. The molecule has 0 nitrogen and oxygen atoms in total. The van der Waals surface area contributed by atoms with Crippen LogP contribution in [0.2, 0.25) is 0 Å². The monoisotopic (exact) mass is 462 g/mol. The second-order valence-electron chi connectivity index (χ2n) is 10.3. The molecule has 182 valence electrons. The first-order chi connectivity index (χ1) is 17.2. The van der Waals surface area contributed by atoms with Crippen molar-refractivity contribution in [2.24, 2.45) is 0 Å². The molecular formula is C35H42. The zero-order valence-electron chi connectivity index (χ0n) is 21.9. The Labute approximate surface area is 213 Å². The van der Waals surface area contributed by atoms with E-state index in [1.807, 2.05) is 6.08 Å². The van der Waals surface area contributed by atoms with Crippen molar-refractivity contribution >= 4 is 18.2 Å². The van der Waals surface area contributed by atoms with Crippen molar-refractivity contribution in [1.82, 2.24) is 0 Å². The number of hydrogen-bond acceptors (Lipinski definition) is 0. The third-order valence-electron chi connectivity index (χ3n) is 7.82. The highest BCUT2D eigenvalue weighted by molar-refractivity contribution is 5.83. The van der Waals surface area contributed by atoms with Crippen LogP contribution in [0.3, 0.4) is 0 Å². The molecule has 0 N–H and O–H groups in total. The lowest BCUT2D eigenvalue weighted by atomic mass is 9.70. The molecule has 0 fully saturated rings. The summed E-state index contributed by atoms with van der Waals surface area (Å²) in [4.78, 5) is 0. The van der Waals surface area contributed by atoms with Crippen molar-refractivity contribution in [3.63, 3.8) is 0 Å². The molecule has 1 aliphatic rings. The van der Waals surface area contributed by atoms with Crippen LogP contribution in [0.4, 0.5) is 0 Å². The van der Waals surface area contributed by atoms with Gasteiger partial charge in [-0.15, -0.1) is 0 Å². The van der Waals surface area contributed by atoms with Crippen molar-refractivity contribution in [2.45, 2.75) is 83.5 Å². The summed E-state index contributed by atoms with van der Waals surface area (Å²) in [7, 11) is 0. The van der Waals surface area contributed by atoms with Gasteiger partial charge in [0.05, 0.1) is 0 Å². The standard InChI is InChI=1S/C35H42/c1-4-7-9-13-24-35(25-14-10-8-5-2)33-19-12-11-18-31(33)32-23-22-30(27-34(32)35)21-20-29-17-15-16-28(6-3)26-29/h6,11-12,15-23,26-27H,3-5,7-10,13-14,24-25H2,1-2H3/b21-20+. The van der Waals surface area contributed by atoms with Crippen molar-refractivity contribution in [3.8, 4) is 11.1 Å². The number of hydrogen-bond donors (Lipinski definition) is 0. The average Bonchev–Trinajstić information content (AvgIpc) is 3.17. The van der Waals surface area contributed by atoms with E-state index in [0.29, 0.717) is 0 Å². The molecule has 4 rings (SSSR count). The number of benzene rings is 3. The van der Waals surface area contributed by atoms with Crippen LogP contribution < -0.4 is 0 Å². The number of fused-ring (bicyclic) bond motifs is 3. The van der Waals surface area contributed by atoms with Gasteiger partial charge in [-0.05, 0) is 57.9 Å². The molecular weight excluding hydrogens is 420 g/mol. The smallest absolute Gasteiger partial charge is 0.0215 e. The Balaban J connectivity index is 1.71. The number of unbranched alkanes of at least 4 members (excludes halogenated alkanes) is 6.